The van der Waals surface area contributed by atoms with Gasteiger partial charge >= 0.3 is 0 Å². The number of nitrogens with one attached hydrogen (secondary N) is 2. The van der Waals surface area contributed by atoms with Crippen molar-refractivity contribution in [3.63, 3.8) is 0 Å². The van der Waals surface area contributed by atoms with Crippen LogP contribution in [0, 0.1) is 0 Å². The monoisotopic (exact) mass is 416 g/mol. The Balaban J connectivity index is 1.56. The molecular formula is C21H24N2O5S. The molecule has 2 aromatic rings. The highest BCUT2D eigenvalue weighted by Gasteiger charge is 2.31. The fourth-order valence-corrected chi connectivity index (χ4v) is 4.34. The lowest BCUT2D eigenvalue weighted by atomic mass is 10.1. The highest BCUT2D eigenvalue weighted by Crippen LogP contribution is 2.32. The first-order valence-electron chi connectivity index (χ1n) is 9.77. The molecule has 1 heterocycles. The van der Waals surface area contributed by atoms with E-state index in [1.807, 2.05) is 30.3 Å². The summed E-state index contributed by atoms with van der Waals surface area (Å²) in [5.74, 6) is 0.607. The minimum absolute atomic E-state index is 0.0408. The molecule has 1 amide bonds. The van der Waals surface area contributed by atoms with Crippen molar-refractivity contribution in [2.24, 2.45) is 0 Å². The normalized spacial score (nSPS) is 17.2. The van der Waals surface area contributed by atoms with Crippen molar-refractivity contribution < 1.29 is 22.7 Å². The van der Waals surface area contributed by atoms with Gasteiger partial charge in [0.25, 0.3) is 0 Å². The van der Waals surface area contributed by atoms with Gasteiger partial charge in [0.1, 0.15) is 6.04 Å². The number of carbonyl (C=O) groups is 1. The molecule has 1 atom stereocenters. The van der Waals surface area contributed by atoms with E-state index in [9.17, 15) is 13.2 Å². The van der Waals surface area contributed by atoms with Crippen LogP contribution in [0.25, 0.3) is 0 Å². The molecule has 1 unspecified atom stereocenters. The first-order valence-corrected chi connectivity index (χ1v) is 11.3. The van der Waals surface area contributed by atoms with Crippen molar-refractivity contribution in [2.75, 3.05) is 13.2 Å². The SMILES string of the molecule is O=C(NC1CC1)C(Cc1ccccc1)NS(=O)(=O)c1ccc2c(c1)OCCCO2. The van der Waals surface area contributed by atoms with Gasteiger partial charge in [-0.2, -0.15) is 4.72 Å². The van der Waals surface area contributed by atoms with Gasteiger partial charge in [-0.05, 0) is 37.0 Å². The van der Waals surface area contributed by atoms with Crippen LogP contribution in [0.2, 0.25) is 0 Å². The van der Waals surface area contributed by atoms with Gasteiger partial charge in [0.05, 0.1) is 18.1 Å². The topological polar surface area (TPSA) is 93.7 Å². The number of rotatable bonds is 7. The van der Waals surface area contributed by atoms with Crippen LogP contribution in [0.15, 0.2) is 53.4 Å². The third-order valence-corrected chi connectivity index (χ3v) is 6.32. The number of amides is 1. The van der Waals surface area contributed by atoms with E-state index in [-0.39, 0.29) is 23.3 Å². The molecule has 2 aliphatic rings. The Kier molecular flexibility index (Phi) is 5.73. The fraction of sp³-hybridized carbons (Fsp3) is 0.381. The van der Waals surface area contributed by atoms with E-state index in [4.69, 9.17) is 9.47 Å². The Morgan fingerprint density at radius 1 is 1.03 bits per heavy atom. The maximum absolute atomic E-state index is 13.0. The minimum atomic E-state index is -3.93. The van der Waals surface area contributed by atoms with Crippen LogP contribution in [0.4, 0.5) is 0 Å². The van der Waals surface area contributed by atoms with Crippen LogP contribution in [0.5, 0.6) is 11.5 Å². The Morgan fingerprint density at radius 2 is 1.76 bits per heavy atom. The van der Waals surface area contributed by atoms with E-state index >= 15 is 0 Å². The molecule has 1 aliphatic carbocycles. The van der Waals surface area contributed by atoms with E-state index in [1.54, 1.807) is 6.07 Å². The number of ether oxygens (including phenoxy) is 2. The van der Waals surface area contributed by atoms with Crippen LogP contribution in [-0.4, -0.2) is 39.6 Å². The average Bonchev–Trinajstić information content (AvgIpc) is 3.54. The summed E-state index contributed by atoms with van der Waals surface area (Å²) in [4.78, 5) is 12.7. The van der Waals surface area contributed by atoms with E-state index in [1.165, 1.54) is 12.1 Å². The highest BCUT2D eigenvalue weighted by atomic mass is 32.2. The molecule has 0 aromatic heterocycles. The standard InChI is InChI=1S/C21H24N2O5S/c24-21(22-16-7-8-16)18(13-15-5-2-1-3-6-15)23-29(25,26)17-9-10-19-20(14-17)28-12-4-11-27-19/h1-3,5-6,9-10,14,16,18,23H,4,7-8,11-13H2,(H,22,24). The molecule has 8 heteroatoms. The van der Waals surface area contributed by atoms with Crippen LogP contribution in [-0.2, 0) is 21.2 Å². The molecule has 0 saturated heterocycles. The van der Waals surface area contributed by atoms with Gasteiger partial charge in [-0.1, -0.05) is 30.3 Å². The van der Waals surface area contributed by atoms with Crippen molar-refractivity contribution in [1.29, 1.82) is 0 Å². The molecule has 29 heavy (non-hydrogen) atoms. The fourth-order valence-electron chi connectivity index (χ4n) is 3.13. The molecule has 0 spiro atoms. The van der Waals surface area contributed by atoms with Gasteiger partial charge in [-0.25, -0.2) is 8.42 Å². The van der Waals surface area contributed by atoms with Gasteiger partial charge < -0.3 is 14.8 Å². The van der Waals surface area contributed by atoms with Crippen molar-refractivity contribution in [2.45, 2.75) is 42.7 Å². The largest absolute Gasteiger partial charge is 0.490 e. The lowest BCUT2D eigenvalue weighted by molar-refractivity contribution is -0.122. The number of fused-ring (bicyclic) bond motifs is 1. The number of carbonyl (C=O) groups excluding carboxylic acids is 1. The van der Waals surface area contributed by atoms with Gasteiger partial charge in [-0.15, -0.1) is 0 Å². The molecule has 0 radical (unpaired) electrons. The second-order valence-electron chi connectivity index (χ2n) is 7.31. The van der Waals surface area contributed by atoms with Crippen LogP contribution >= 0.6 is 0 Å². The number of sulfonamides is 1. The first kappa shape index (κ1) is 19.7. The molecule has 7 nitrogen and oxygen atoms in total. The summed E-state index contributed by atoms with van der Waals surface area (Å²) < 4.78 is 39.8. The summed E-state index contributed by atoms with van der Waals surface area (Å²) >= 11 is 0. The summed E-state index contributed by atoms with van der Waals surface area (Å²) in [6, 6.07) is 13.1. The second kappa shape index (κ2) is 8.42. The van der Waals surface area contributed by atoms with Crippen molar-refractivity contribution in [1.82, 2.24) is 10.0 Å². The molecule has 4 rings (SSSR count). The molecule has 1 aliphatic heterocycles. The average molecular weight is 416 g/mol. The maximum atomic E-state index is 13.0. The zero-order valence-corrected chi connectivity index (χ0v) is 16.8. The van der Waals surface area contributed by atoms with Crippen LogP contribution in [0.3, 0.4) is 0 Å². The zero-order chi connectivity index (χ0) is 20.3. The lowest BCUT2D eigenvalue weighted by Gasteiger charge is -2.19. The van der Waals surface area contributed by atoms with Crippen molar-refractivity contribution >= 4 is 15.9 Å². The van der Waals surface area contributed by atoms with E-state index in [2.05, 4.69) is 10.0 Å². The van der Waals surface area contributed by atoms with E-state index < -0.39 is 16.1 Å². The van der Waals surface area contributed by atoms with Gasteiger partial charge in [-0.3, -0.25) is 4.79 Å². The number of hydrogen-bond acceptors (Lipinski definition) is 5. The highest BCUT2D eigenvalue weighted by molar-refractivity contribution is 7.89. The van der Waals surface area contributed by atoms with Gasteiger partial charge in [0.15, 0.2) is 11.5 Å². The van der Waals surface area contributed by atoms with E-state index in [0.29, 0.717) is 24.7 Å². The van der Waals surface area contributed by atoms with E-state index in [0.717, 1.165) is 24.8 Å². The summed E-state index contributed by atoms with van der Waals surface area (Å²) in [7, 11) is -3.93. The lowest BCUT2D eigenvalue weighted by Crippen LogP contribution is -2.48. The van der Waals surface area contributed by atoms with Gasteiger partial charge in [0, 0.05) is 18.5 Å². The molecule has 0 bridgehead atoms. The molecule has 1 fully saturated rings. The Hall–Kier alpha value is -2.58. The summed E-state index contributed by atoms with van der Waals surface area (Å²) in [6.07, 6.45) is 2.86. The third kappa shape index (κ3) is 5.07. The third-order valence-electron chi connectivity index (χ3n) is 4.85. The predicted molar refractivity (Wildman–Crippen MR) is 107 cm³/mol. The minimum Gasteiger partial charge on any atom is -0.490 e. The molecular weight excluding hydrogens is 392 g/mol. The van der Waals surface area contributed by atoms with Crippen LogP contribution in [0.1, 0.15) is 24.8 Å². The predicted octanol–water partition coefficient (Wildman–Crippen LogP) is 2.02. The second-order valence-corrected chi connectivity index (χ2v) is 9.02. The zero-order valence-electron chi connectivity index (χ0n) is 16.0. The van der Waals surface area contributed by atoms with Crippen molar-refractivity contribution in [3.8, 4) is 11.5 Å². The molecule has 2 aromatic carbocycles. The Morgan fingerprint density at radius 3 is 2.48 bits per heavy atom. The molecule has 154 valence electrons. The molecule has 2 N–H and O–H groups in total. The van der Waals surface area contributed by atoms with Crippen LogP contribution < -0.4 is 19.5 Å². The number of benzene rings is 2. The Labute approximate surface area is 170 Å². The van der Waals surface area contributed by atoms with Gasteiger partial charge in [0.2, 0.25) is 15.9 Å². The first-order chi connectivity index (χ1) is 14.0. The summed E-state index contributed by atoms with van der Waals surface area (Å²) in [6.45, 7) is 0.988. The summed E-state index contributed by atoms with van der Waals surface area (Å²) in [5, 5.41) is 2.90. The number of hydrogen-bond donors (Lipinski definition) is 2. The summed E-state index contributed by atoms with van der Waals surface area (Å²) in [5.41, 5.74) is 0.879. The Bertz CT molecular complexity index is 974. The van der Waals surface area contributed by atoms with Crippen molar-refractivity contribution in [3.05, 3.63) is 54.1 Å². The quantitative estimate of drug-likeness (QED) is 0.720. The smallest absolute Gasteiger partial charge is 0.241 e. The molecule has 1 saturated carbocycles. The maximum Gasteiger partial charge on any atom is 0.241 e.